The summed E-state index contributed by atoms with van der Waals surface area (Å²) in [7, 11) is 0. The molecule has 2 rings (SSSR count). The fourth-order valence-electron chi connectivity index (χ4n) is 1.32. The number of hydrogen-bond donors (Lipinski definition) is 3. The number of ether oxygens (including phenoxy) is 1. The maximum atomic E-state index is 11.7. The number of carbonyl (C=O) groups is 1. The molecule has 0 aliphatic rings. The number of anilines is 2. The number of nitrogens with zero attached hydrogens (tertiary/aromatic N) is 2. The van der Waals surface area contributed by atoms with Crippen LogP contribution in [0, 0.1) is 0 Å². The van der Waals surface area contributed by atoms with Crippen molar-refractivity contribution in [3.05, 3.63) is 29.3 Å². The van der Waals surface area contributed by atoms with Crippen molar-refractivity contribution < 1.29 is 9.53 Å². The number of rotatable bonds is 4. The summed E-state index contributed by atoms with van der Waals surface area (Å²) < 4.78 is 5.06. The lowest BCUT2D eigenvalue weighted by Crippen LogP contribution is -2.20. The van der Waals surface area contributed by atoms with Gasteiger partial charge in [-0.05, 0) is 19.1 Å². The van der Waals surface area contributed by atoms with Crippen LogP contribution in [-0.4, -0.2) is 27.8 Å². The third-order valence-corrected chi connectivity index (χ3v) is 2.42. The van der Waals surface area contributed by atoms with Gasteiger partial charge in [0.25, 0.3) is 0 Å². The number of aromatic nitrogens is 3. The van der Waals surface area contributed by atoms with E-state index in [1.807, 2.05) is 6.92 Å². The molecule has 0 saturated carbocycles. The highest BCUT2D eigenvalue weighted by molar-refractivity contribution is 6.33. The molecule has 0 atom stereocenters. The monoisotopic (exact) mass is 281 g/mol. The number of benzene rings is 1. The van der Waals surface area contributed by atoms with Gasteiger partial charge in [-0.25, -0.2) is 9.89 Å². The SMILES string of the molecule is CCOc1n[nH]c(NC(=O)Nc2ccccc2Cl)n1. The number of carbonyl (C=O) groups excluding carboxylic acids is 1. The molecule has 7 nitrogen and oxygen atoms in total. The molecule has 2 aromatic rings. The lowest BCUT2D eigenvalue weighted by Gasteiger charge is -2.06. The van der Waals surface area contributed by atoms with Crippen LogP contribution in [0.25, 0.3) is 0 Å². The van der Waals surface area contributed by atoms with E-state index in [0.29, 0.717) is 17.3 Å². The van der Waals surface area contributed by atoms with E-state index < -0.39 is 6.03 Å². The summed E-state index contributed by atoms with van der Waals surface area (Å²) >= 11 is 5.92. The molecule has 0 aliphatic heterocycles. The first kappa shape index (κ1) is 13.2. The van der Waals surface area contributed by atoms with Gasteiger partial charge in [-0.1, -0.05) is 23.7 Å². The van der Waals surface area contributed by atoms with Crippen LogP contribution >= 0.6 is 11.6 Å². The molecule has 0 fully saturated rings. The van der Waals surface area contributed by atoms with Gasteiger partial charge in [-0.15, -0.1) is 5.10 Å². The Morgan fingerprint density at radius 1 is 1.42 bits per heavy atom. The molecule has 8 heteroatoms. The van der Waals surface area contributed by atoms with Crippen molar-refractivity contribution in [3.63, 3.8) is 0 Å². The van der Waals surface area contributed by atoms with Crippen LogP contribution in [0.1, 0.15) is 6.92 Å². The Bertz CT molecular complexity index is 572. The quantitative estimate of drug-likeness (QED) is 0.803. The molecule has 19 heavy (non-hydrogen) atoms. The normalized spacial score (nSPS) is 10.0. The number of halogens is 1. The van der Waals surface area contributed by atoms with Gasteiger partial charge in [0.05, 0.1) is 17.3 Å². The number of para-hydroxylation sites is 1. The average molecular weight is 282 g/mol. The predicted molar refractivity (Wildman–Crippen MR) is 71.6 cm³/mol. The zero-order chi connectivity index (χ0) is 13.7. The summed E-state index contributed by atoms with van der Waals surface area (Å²) in [4.78, 5) is 15.6. The van der Waals surface area contributed by atoms with Crippen molar-refractivity contribution in [2.24, 2.45) is 0 Å². The summed E-state index contributed by atoms with van der Waals surface area (Å²) in [6.07, 6.45) is 0. The van der Waals surface area contributed by atoms with E-state index in [4.69, 9.17) is 16.3 Å². The molecular formula is C11H12ClN5O2. The number of amides is 2. The van der Waals surface area contributed by atoms with Gasteiger partial charge in [0.2, 0.25) is 5.95 Å². The minimum atomic E-state index is -0.479. The highest BCUT2D eigenvalue weighted by atomic mass is 35.5. The Morgan fingerprint density at radius 3 is 2.95 bits per heavy atom. The smallest absolute Gasteiger partial charge is 0.337 e. The van der Waals surface area contributed by atoms with E-state index in [-0.39, 0.29) is 12.0 Å². The Hall–Kier alpha value is -2.28. The van der Waals surface area contributed by atoms with Crippen LogP contribution in [0.15, 0.2) is 24.3 Å². The Kier molecular flexibility index (Phi) is 4.19. The molecule has 1 aromatic carbocycles. The van der Waals surface area contributed by atoms with Gasteiger partial charge in [0, 0.05) is 0 Å². The van der Waals surface area contributed by atoms with E-state index in [1.54, 1.807) is 24.3 Å². The molecule has 0 spiro atoms. The van der Waals surface area contributed by atoms with Crippen LogP contribution in [0.3, 0.4) is 0 Å². The average Bonchev–Trinajstić information content (AvgIpc) is 2.80. The van der Waals surface area contributed by atoms with Gasteiger partial charge in [-0.2, -0.15) is 4.98 Å². The molecule has 0 radical (unpaired) electrons. The standard InChI is InChI=1S/C11H12ClN5O2/c1-2-19-11-15-9(16-17-11)14-10(18)13-8-6-4-3-5-7(8)12/h3-6H,2H2,1H3,(H3,13,14,15,16,17,18). The summed E-state index contributed by atoms with van der Waals surface area (Å²) in [6, 6.07) is 6.61. The van der Waals surface area contributed by atoms with E-state index in [0.717, 1.165) is 0 Å². The molecular weight excluding hydrogens is 270 g/mol. The van der Waals surface area contributed by atoms with E-state index in [9.17, 15) is 4.79 Å². The summed E-state index contributed by atoms with van der Waals surface area (Å²) in [5, 5.41) is 11.8. The van der Waals surface area contributed by atoms with Gasteiger partial charge in [0.15, 0.2) is 0 Å². The van der Waals surface area contributed by atoms with Gasteiger partial charge >= 0.3 is 12.0 Å². The minimum Gasteiger partial charge on any atom is -0.463 e. The first-order valence-corrected chi connectivity index (χ1v) is 5.94. The second-order valence-electron chi connectivity index (χ2n) is 3.46. The van der Waals surface area contributed by atoms with Gasteiger partial charge in [-0.3, -0.25) is 5.32 Å². The second kappa shape index (κ2) is 6.05. The largest absolute Gasteiger partial charge is 0.463 e. The van der Waals surface area contributed by atoms with Crippen LogP contribution in [-0.2, 0) is 0 Å². The Morgan fingerprint density at radius 2 is 2.21 bits per heavy atom. The molecule has 3 N–H and O–H groups in total. The number of urea groups is 1. The molecule has 100 valence electrons. The van der Waals surface area contributed by atoms with Crippen LogP contribution in [0.5, 0.6) is 6.01 Å². The fraction of sp³-hybridized carbons (Fsp3) is 0.182. The molecule has 1 aromatic heterocycles. The van der Waals surface area contributed by atoms with Crippen LogP contribution in [0.4, 0.5) is 16.4 Å². The Balaban J connectivity index is 1.95. The summed E-state index contributed by atoms with van der Waals surface area (Å²) in [5.74, 6) is 0.188. The third-order valence-electron chi connectivity index (χ3n) is 2.09. The maximum Gasteiger partial charge on any atom is 0.337 e. The topological polar surface area (TPSA) is 91.9 Å². The number of hydrogen-bond acceptors (Lipinski definition) is 4. The fourth-order valence-corrected chi connectivity index (χ4v) is 1.50. The molecule has 0 aliphatic carbocycles. The third kappa shape index (κ3) is 3.59. The second-order valence-corrected chi connectivity index (χ2v) is 3.87. The molecule has 0 unspecified atom stereocenters. The highest BCUT2D eigenvalue weighted by Gasteiger charge is 2.09. The zero-order valence-electron chi connectivity index (χ0n) is 10.1. The van der Waals surface area contributed by atoms with Crippen molar-refractivity contribution in [3.8, 4) is 6.01 Å². The van der Waals surface area contributed by atoms with Crippen LogP contribution in [0.2, 0.25) is 5.02 Å². The lowest BCUT2D eigenvalue weighted by molar-refractivity contribution is 0.262. The number of aromatic amines is 1. The van der Waals surface area contributed by atoms with Gasteiger partial charge < -0.3 is 10.1 Å². The molecule has 1 heterocycles. The van der Waals surface area contributed by atoms with Crippen molar-refractivity contribution in [2.45, 2.75) is 6.92 Å². The predicted octanol–water partition coefficient (Wildman–Crippen LogP) is 2.50. The zero-order valence-corrected chi connectivity index (χ0v) is 10.9. The highest BCUT2D eigenvalue weighted by Crippen LogP contribution is 2.20. The summed E-state index contributed by atoms with van der Waals surface area (Å²) in [5.41, 5.74) is 0.506. The van der Waals surface area contributed by atoms with E-state index >= 15 is 0 Å². The number of H-pyrrole nitrogens is 1. The Labute approximate surface area is 114 Å². The first-order valence-electron chi connectivity index (χ1n) is 5.56. The lowest BCUT2D eigenvalue weighted by atomic mass is 10.3. The molecule has 2 amide bonds. The van der Waals surface area contributed by atoms with Gasteiger partial charge in [0.1, 0.15) is 0 Å². The van der Waals surface area contributed by atoms with Crippen molar-refractivity contribution in [2.75, 3.05) is 17.2 Å². The first-order chi connectivity index (χ1) is 9.19. The maximum absolute atomic E-state index is 11.7. The molecule has 0 bridgehead atoms. The van der Waals surface area contributed by atoms with E-state index in [1.165, 1.54) is 0 Å². The van der Waals surface area contributed by atoms with Crippen molar-refractivity contribution in [1.29, 1.82) is 0 Å². The molecule has 0 saturated heterocycles. The summed E-state index contributed by atoms with van der Waals surface area (Å²) in [6.45, 7) is 2.26. The minimum absolute atomic E-state index is 0.176. The van der Waals surface area contributed by atoms with Crippen LogP contribution < -0.4 is 15.4 Å². The number of nitrogens with one attached hydrogen (secondary N) is 3. The van der Waals surface area contributed by atoms with E-state index in [2.05, 4.69) is 25.8 Å². The van der Waals surface area contributed by atoms with Crippen molar-refractivity contribution >= 4 is 29.3 Å². The van der Waals surface area contributed by atoms with Crippen molar-refractivity contribution in [1.82, 2.24) is 15.2 Å².